The first-order chi connectivity index (χ1) is 6.10. The lowest BCUT2D eigenvalue weighted by Gasteiger charge is -1.64. The monoisotopic (exact) mass is 180 g/mol. The van der Waals surface area contributed by atoms with E-state index in [2.05, 4.69) is 32.9 Å². The van der Waals surface area contributed by atoms with Gasteiger partial charge < -0.3 is 5.11 Å². The van der Waals surface area contributed by atoms with Crippen LogP contribution in [0.3, 0.4) is 0 Å². The molecule has 0 unspecified atom stereocenters. The van der Waals surface area contributed by atoms with Gasteiger partial charge >= 0.3 is 5.97 Å². The molecule has 72 valence electrons. The Morgan fingerprint density at radius 1 is 0.846 bits per heavy atom. The molecule has 13 heavy (non-hydrogen) atoms. The summed E-state index contributed by atoms with van der Waals surface area (Å²) in [6.45, 7) is 16.4. The largest absolute Gasteiger partial charge is 0.478 e. The molecule has 0 radical (unpaired) electrons. The summed E-state index contributed by atoms with van der Waals surface area (Å²) >= 11 is 0. The van der Waals surface area contributed by atoms with Crippen LogP contribution < -0.4 is 0 Å². The van der Waals surface area contributed by atoms with E-state index in [4.69, 9.17) is 5.11 Å². The minimum Gasteiger partial charge on any atom is -0.478 e. The summed E-state index contributed by atoms with van der Waals surface area (Å²) in [5.74, 6) is -0.981. The van der Waals surface area contributed by atoms with E-state index in [-0.39, 0.29) is 0 Å². The lowest BCUT2D eigenvalue weighted by atomic mass is 10.6. The van der Waals surface area contributed by atoms with E-state index in [0.717, 1.165) is 6.08 Å². The molecule has 0 saturated heterocycles. The van der Waals surface area contributed by atoms with Gasteiger partial charge in [0.15, 0.2) is 0 Å². The number of carboxylic acid groups (broad SMARTS) is 1. The SMILES string of the molecule is C=CC(=O)O.C=CC=C.C=CC=C. The number of carbonyl (C=O) groups is 1. The van der Waals surface area contributed by atoms with Gasteiger partial charge in [-0.25, -0.2) is 4.79 Å². The summed E-state index contributed by atoms with van der Waals surface area (Å²) in [6, 6.07) is 0. The van der Waals surface area contributed by atoms with Gasteiger partial charge in [-0.05, 0) is 0 Å². The molecule has 0 saturated carbocycles. The standard InChI is InChI=1S/2C4H6.C3H4O2/c2*1-3-4-2;1-2-3(4)5/h2*3-4H,1-2H2;2H,1H2,(H,4,5). The van der Waals surface area contributed by atoms with E-state index in [1.54, 1.807) is 24.3 Å². The average molecular weight is 180 g/mol. The van der Waals surface area contributed by atoms with E-state index in [1.807, 2.05) is 0 Å². The Morgan fingerprint density at radius 3 is 1.00 bits per heavy atom. The molecule has 0 aromatic rings. The van der Waals surface area contributed by atoms with Crippen LogP contribution in [0.1, 0.15) is 0 Å². The molecule has 0 amide bonds. The lowest BCUT2D eigenvalue weighted by molar-refractivity contribution is -0.131. The summed E-state index contributed by atoms with van der Waals surface area (Å²) in [4.78, 5) is 9.25. The smallest absolute Gasteiger partial charge is 0.327 e. The van der Waals surface area contributed by atoms with Crippen molar-refractivity contribution in [2.45, 2.75) is 0 Å². The molecular formula is C11H16O2. The van der Waals surface area contributed by atoms with E-state index in [1.165, 1.54) is 0 Å². The predicted octanol–water partition coefficient (Wildman–Crippen LogP) is 2.97. The third-order valence-corrected chi connectivity index (χ3v) is 0.508. The zero-order valence-corrected chi connectivity index (χ0v) is 7.78. The molecule has 0 aliphatic rings. The molecule has 0 rings (SSSR count). The van der Waals surface area contributed by atoms with Gasteiger partial charge in [0, 0.05) is 6.08 Å². The second kappa shape index (κ2) is 22.5. The Balaban J connectivity index is -0.000000117. The topological polar surface area (TPSA) is 37.3 Å². The summed E-state index contributed by atoms with van der Waals surface area (Å²) < 4.78 is 0. The maximum Gasteiger partial charge on any atom is 0.327 e. The maximum absolute atomic E-state index is 9.25. The summed E-state index contributed by atoms with van der Waals surface area (Å²) in [5, 5.41) is 7.60. The first kappa shape index (κ1) is 17.3. The number of aliphatic carboxylic acids is 1. The highest BCUT2D eigenvalue weighted by Crippen LogP contribution is 1.54. The summed E-state index contributed by atoms with van der Waals surface area (Å²) in [6.07, 6.45) is 7.39. The van der Waals surface area contributed by atoms with Crippen molar-refractivity contribution in [1.29, 1.82) is 0 Å². The van der Waals surface area contributed by atoms with E-state index >= 15 is 0 Å². The summed E-state index contributed by atoms with van der Waals surface area (Å²) in [7, 11) is 0. The van der Waals surface area contributed by atoms with Crippen LogP contribution in [0.5, 0.6) is 0 Å². The molecule has 0 bridgehead atoms. The van der Waals surface area contributed by atoms with Crippen molar-refractivity contribution >= 4 is 5.97 Å². The first-order valence-corrected chi connectivity index (χ1v) is 3.42. The van der Waals surface area contributed by atoms with Crippen LogP contribution in [0.25, 0.3) is 0 Å². The molecule has 2 heteroatoms. The fourth-order valence-corrected chi connectivity index (χ4v) is 0. The van der Waals surface area contributed by atoms with E-state index in [9.17, 15) is 4.79 Å². The van der Waals surface area contributed by atoms with Gasteiger partial charge in [0.05, 0.1) is 0 Å². The van der Waals surface area contributed by atoms with Crippen molar-refractivity contribution < 1.29 is 9.90 Å². The van der Waals surface area contributed by atoms with Gasteiger partial charge in [0.2, 0.25) is 0 Å². The maximum atomic E-state index is 9.25. The van der Waals surface area contributed by atoms with Gasteiger partial charge in [0.25, 0.3) is 0 Å². The number of allylic oxidation sites excluding steroid dienone is 4. The predicted molar refractivity (Wildman–Crippen MR) is 58.6 cm³/mol. The van der Waals surface area contributed by atoms with Crippen LogP contribution in [0.4, 0.5) is 0 Å². The molecule has 2 nitrogen and oxygen atoms in total. The highest BCUT2D eigenvalue weighted by Gasteiger charge is 1.73. The first-order valence-electron chi connectivity index (χ1n) is 3.42. The van der Waals surface area contributed by atoms with Crippen molar-refractivity contribution in [2.24, 2.45) is 0 Å². The minimum absolute atomic E-state index is 0.833. The molecule has 0 aromatic heterocycles. The number of rotatable bonds is 3. The molecule has 0 aromatic carbocycles. The van der Waals surface area contributed by atoms with Crippen LogP contribution in [-0.2, 0) is 4.79 Å². The van der Waals surface area contributed by atoms with E-state index in [0.29, 0.717) is 0 Å². The average Bonchev–Trinajstić information content (AvgIpc) is 2.18. The van der Waals surface area contributed by atoms with Crippen LogP contribution in [-0.4, -0.2) is 11.1 Å². The van der Waals surface area contributed by atoms with Gasteiger partial charge in [-0.2, -0.15) is 0 Å². The quantitative estimate of drug-likeness (QED) is 0.535. The van der Waals surface area contributed by atoms with Gasteiger partial charge in [-0.1, -0.05) is 57.2 Å². The molecule has 0 spiro atoms. The highest BCUT2D eigenvalue weighted by molar-refractivity contribution is 5.78. The Hall–Kier alpha value is -1.83. The normalized spacial score (nSPS) is 5.54. The third-order valence-electron chi connectivity index (χ3n) is 0.508. The minimum atomic E-state index is -0.981. The van der Waals surface area contributed by atoms with Crippen molar-refractivity contribution in [1.82, 2.24) is 0 Å². The Morgan fingerprint density at radius 2 is 1.00 bits per heavy atom. The van der Waals surface area contributed by atoms with Crippen molar-refractivity contribution in [3.8, 4) is 0 Å². The summed E-state index contributed by atoms with van der Waals surface area (Å²) in [5.41, 5.74) is 0. The second-order valence-electron chi connectivity index (χ2n) is 1.49. The third kappa shape index (κ3) is 144. The van der Waals surface area contributed by atoms with E-state index < -0.39 is 5.97 Å². The van der Waals surface area contributed by atoms with Gasteiger partial charge in [-0.15, -0.1) is 0 Å². The molecule has 0 aliphatic carbocycles. The van der Waals surface area contributed by atoms with Crippen LogP contribution in [0.15, 0.2) is 63.3 Å². The van der Waals surface area contributed by atoms with Gasteiger partial charge in [0.1, 0.15) is 0 Å². The van der Waals surface area contributed by atoms with Crippen molar-refractivity contribution in [3.05, 3.63) is 63.3 Å². The Kier molecular flexibility index (Phi) is 29.9. The molecule has 0 aliphatic heterocycles. The molecule has 0 fully saturated rings. The fourth-order valence-electron chi connectivity index (χ4n) is 0. The zero-order chi connectivity index (χ0) is 11.1. The van der Waals surface area contributed by atoms with Gasteiger partial charge in [-0.3, -0.25) is 0 Å². The molecule has 0 heterocycles. The fraction of sp³-hybridized carbons (Fsp3) is 0. The number of hydrogen-bond donors (Lipinski definition) is 1. The highest BCUT2D eigenvalue weighted by atomic mass is 16.4. The van der Waals surface area contributed by atoms with Crippen molar-refractivity contribution in [2.75, 3.05) is 0 Å². The zero-order valence-electron chi connectivity index (χ0n) is 7.78. The Labute approximate surface area is 79.9 Å². The second-order valence-corrected chi connectivity index (χ2v) is 1.49. The molecule has 1 N–H and O–H groups in total. The molecule has 0 atom stereocenters. The lowest BCUT2D eigenvalue weighted by Crippen LogP contribution is -1.82. The van der Waals surface area contributed by atoms with Crippen LogP contribution in [0.2, 0.25) is 0 Å². The number of carboxylic acids is 1. The number of hydrogen-bond acceptors (Lipinski definition) is 1. The molecular weight excluding hydrogens is 164 g/mol. The van der Waals surface area contributed by atoms with Crippen LogP contribution >= 0.6 is 0 Å². The van der Waals surface area contributed by atoms with Crippen LogP contribution in [0, 0.1) is 0 Å². The van der Waals surface area contributed by atoms with Crippen molar-refractivity contribution in [3.63, 3.8) is 0 Å². The Bertz CT molecular complexity index is 155.